The van der Waals surface area contributed by atoms with E-state index in [9.17, 15) is 34.8 Å². The van der Waals surface area contributed by atoms with E-state index in [0.717, 1.165) is 18.1 Å². The fourth-order valence-corrected chi connectivity index (χ4v) is 8.68. The van der Waals surface area contributed by atoms with Crippen LogP contribution in [0.2, 0.25) is 0 Å². The highest BCUT2D eigenvalue weighted by Gasteiger charge is 2.72. The number of phenols is 1. The van der Waals surface area contributed by atoms with Crippen molar-refractivity contribution in [2.45, 2.75) is 79.2 Å². The zero-order chi connectivity index (χ0) is 33.2. The maximum absolute atomic E-state index is 14.7. The van der Waals surface area contributed by atoms with Gasteiger partial charge in [0.05, 0.1) is 5.56 Å². The Morgan fingerprint density at radius 2 is 1.67 bits per heavy atom. The average Bonchev–Trinajstić information content (AvgIpc) is 3.37. The van der Waals surface area contributed by atoms with E-state index in [2.05, 4.69) is 0 Å². The fourth-order valence-electron chi connectivity index (χ4n) is 8.68. The molecule has 0 bridgehead atoms. The molecule has 4 atom stereocenters. The molecule has 6 rings (SSSR count). The number of carbonyl (C=O) groups is 3. The number of hydrogen-bond donors (Lipinski definition) is 4. The van der Waals surface area contributed by atoms with Crippen LogP contribution in [0.3, 0.4) is 0 Å². The first-order valence-corrected chi connectivity index (χ1v) is 15.3. The highest BCUT2D eigenvalue weighted by atomic mass is 16.7. The van der Waals surface area contributed by atoms with E-state index < -0.39 is 68.1 Å². The molecule has 1 heterocycles. The molecule has 1 unspecified atom stereocenters. The molecule has 2 aromatic rings. The van der Waals surface area contributed by atoms with Crippen LogP contribution in [-0.4, -0.2) is 50.2 Å². The van der Waals surface area contributed by atoms with Gasteiger partial charge >= 0.3 is 0 Å². The van der Waals surface area contributed by atoms with Gasteiger partial charge in [0.1, 0.15) is 22.8 Å². The van der Waals surface area contributed by atoms with Gasteiger partial charge in [0.2, 0.25) is 12.6 Å². The lowest BCUT2D eigenvalue weighted by Gasteiger charge is -2.59. The zero-order valence-corrected chi connectivity index (χ0v) is 26.9. The minimum atomic E-state index is -2.66. The van der Waals surface area contributed by atoms with Gasteiger partial charge in [-0.25, -0.2) is 0 Å². The summed E-state index contributed by atoms with van der Waals surface area (Å²) in [5, 5.41) is 47.6. The number of phenolic OH excluding ortho intramolecular Hbond substituents is 1. The van der Waals surface area contributed by atoms with Crippen molar-refractivity contribution in [3.63, 3.8) is 0 Å². The molecule has 9 nitrogen and oxygen atoms in total. The predicted octanol–water partition coefficient (Wildman–Crippen LogP) is 5.88. The Morgan fingerprint density at radius 3 is 2.27 bits per heavy atom. The summed E-state index contributed by atoms with van der Waals surface area (Å²) < 4.78 is 11.2. The molecule has 0 aromatic heterocycles. The van der Waals surface area contributed by atoms with Crippen molar-refractivity contribution in [2.75, 3.05) is 6.79 Å². The number of aromatic hydroxyl groups is 1. The summed E-state index contributed by atoms with van der Waals surface area (Å²) in [6.45, 7) is 13.9. The summed E-state index contributed by atoms with van der Waals surface area (Å²) in [5.74, 6) is -4.24. The number of allylic oxidation sites excluding steroid dienone is 1. The van der Waals surface area contributed by atoms with Crippen LogP contribution >= 0.6 is 0 Å². The Kier molecular flexibility index (Phi) is 6.49. The third kappa shape index (κ3) is 3.92. The van der Waals surface area contributed by atoms with Gasteiger partial charge in [0.25, 0.3) is 0 Å². The lowest BCUT2D eigenvalue weighted by Crippen LogP contribution is -2.69. The Balaban J connectivity index is 1.68. The van der Waals surface area contributed by atoms with Gasteiger partial charge < -0.3 is 29.9 Å². The van der Waals surface area contributed by atoms with Crippen molar-refractivity contribution in [3.8, 4) is 28.4 Å². The first-order chi connectivity index (χ1) is 20.8. The molecule has 9 heteroatoms. The summed E-state index contributed by atoms with van der Waals surface area (Å²) >= 11 is 0. The Hall–Kier alpha value is -4.11. The number of fused-ring (bicyclic) bond motifs is 4. The molecule has 0 spiro atoms. The number of aliphatic hydroxyl groups is 3. The third-order valence-corrected chi connectivity index (χ3v) is 10.5. The third-order valence-electron chi connectivity index (χ3n) is 10.5. The number of rotatable bonds is 3. The van der Waals surface area contributed by atoms with Gasteiger partial charge in [-0.15, -0.1) is 0 Å². The summed E-state index contributed by atoms with van der Waals surface area (Å²) in [7, 11) is 0. The molecule has 0 radical (unpaired) electrons. The molecular weight excluding hydrogens is 576 g/mol. The Morgan fingerprint density at radius 1 is 1.02 bits per heavy atom. The summed E-state index contributed by atoms with van der Waals surface area (Å²) in [5.41, 5.74) is -3.96. The molecule has 3 aliphatic carbocycles. The number of ether oxygens (including phenoxy) is 2. The van der Waals surface area contributed by atoms with Gasteiger partial charge in [0.15, 0.2) is 28.7 Å². The average molecular weight is 617 g/mol. The van der Waals surface area contributed by atoms with Crippen molar-refractivity contribution in [3.05, 3.63) is 57.9 Å². The second-order valence-electron chi connectivity index (χ2n) is 15.0. The summed E-state index contributed by atoms with van der Waals surface area (Å²) in [4.78, 5) is 41.1. The van der Waals surface area contributed by atoms with E-state index in [-0.39, 0.29) is 36.5 Å². The fraction of sp³-hybridized carbons (Fsp3) is 0.472. The number of benzene rings is 2. The highest BCUT2D eigenvalue weighted by molar-refractivity contribution is 6.24. The van der Waals surface area contributed by atoms with Gasteiger partial charge in [-0.05, 0) is 66.0 Å². The van der Waals surface area contributed by atoms with Gasteiger partial charge in [-0.3, -0.25) is 14.4 Å². The van der Waals surface area contributed by atoms with E-state index in [1.54, 1.807) is 33.8 Å². The number of aliphatic hydroxyl groups excluding tert-OH is 2. The number of hydrogen-bond acceptors (Lipinski definition) is 9. The molecule has 2 aromatic carbocycles. The molecule has 1 aliphatic heterocycles. The predicted molar refractivity (Wildman–Crippen MR) is 166 cm³/mol. The van der Waals surface area contributed by atoms with E-state index in [1.165, 1.54) is 0 Å². The molecule has 1 fully saturated rings. The van der Waals surface area contributed by atoms with Crippen LogP contribution in [-0.2, 0) is 26.2 Å². The highest BCUT2D eigenvalue weighted by Crippen LogP contribution is 2.65. The molecule has 0 saturated heterocycles. The SMILES string of the molecule is CC(=O)C1=C(O)[C@]2(O)C(=O)C3=C(O)c4c(O)c(C(C)(C)C)cc(-c5ccc6c(c5)OCO6)c4C[C@]3(C)C[C@]2(C)C(C(C)C)C1=O. The topological polar surface area (TPSA) is 151 Å². The van der Waals surface area contributed by atoms with Crippen LogP contribution in [0.25, 0.3) is 16.9 Å². The molecule has 4 aliphatic rings. The van der Waals surface area contributed by atoms with E-state index in [4.69, 9.17) is 9.47 Å². The summed E-state index contributed by atoms with van der Waals surface area (Å²) in [6, 6.07) is 7.41. The first kappa shape index (κ1) is 30.9. The van der Waals surface area contributed by atoms with Crippen LogP contribution in [0.1, 0.15) is 78.5 Å². The largest absolute Gasteiger partial charge is 0.508 e. The maximum Gasteiger partial charge on any atom is 0.231 e. The second-order valence-corrected chi connectivity index (χ2v) is 15.0. The van der Waals surface area contributed by atoms with E-state index in [0.29, 0.717) is 22.6 Å². The molecule has 45 heavy (non-hydrogen) atoms. The molecule has 238 valence electrons. The number of carbonyl (C=O) groups excluding carboxylic acids is 3. The minimum absolute atomic E-state index is 0.0211. The maximum atomic E-state index is 14.7. The monoisotopic (exact) mass is 616 g/mol. The molecular formula is C36H40O9. The van der Waals surface area contributed by atoms with Crippen LogP contribution in [0.4, 0.5) is 0 Å². The standard InChI is InChI=1S/C36H40O9/c1-16(2)26-29(39)24(17(3)37)31(41)36(43)32(42)27-30(40)25-20(13-34(27,7)14-35(26,36)8)19(12-21(28(25)38)33(4,5)6)18-9-10-22-23(11-18)45-15-44-22/h9-12,16,26,38,40-41,43H,13-15H2,1-8H3/t26?,34-,35-,36+/m1/s1. The molecule has 0 amide bonds. The Bertz CT molecular complexity index is 1790. The van der Waals surface area contributed by atoms with Gasteiger partial charge in [0, 0.05) is 27.9 Å². The molecule has 1 saturated carbocycles. The van der Waals surface area contributed by atoms with Gasteiger partial charge in [-0.2, -0.15) is 0 Å². The number of ketones is 3. The van der Waals surface area contributed by atoms with E-state index in [1.807, 2.05) is 39.0 Å². The van der Waals surface area contributed by atoms with Crippen LogP contribution < -0.4 is 9.47 Å². The van der Waals surface area contributed by atoms with E-state index >= 15 is 0 Å². The summed E-state index contributed by atoms with van der Waals surface area (Å²) in [6.07, 6.45) is 0.192. The normalized spacial score (nSPS) is 29.2. The van der Waals surface area contributed by atoms with Crippen LogP contribution in [0, 0.1) is 22.7 Å². The Labute approximate surface area is 262 Å². The molecule has 4 N–H and O–H groups in total. The van der Waals surface area contributed by atoms with Crippen molar-refractivity contribution >= 4 is 23.1 Å². The lowest BCUT2D eigenvalue weighted by atomic mass is 9.43. The lowest BCUT2D eigenvalue weighted by molar-refractivity contribution is -0.178. The van der Waals surface area contributed by atoms with Crippen LogP contribution in [0.5, 0.6) is 17.2 Å². The van der Waals surface area contributed by atoms with Crippen LogP contribution in [0.15, 0.2) is 41.2 Å². The van der Waals surface area contributed by atoms with Gasteiger partial charge in [-0.1, -0.05) is 54.5 Å². The first-order valence-electron chi connectivity index (χ1n) is 15.3. The van der Waals surface area contributed by atoms with Crippen molar-refractivity contribution < 1.29 is 44.3 Å². The van der Waals surface area contributed by atoms with Crippen molar-refractivity contribution in [2.24, 2.45) is 22.7 Å². The quantitative estimate of drug-likeness (QED) is 0.310. The zero-order valence-electron chi connectivity index (χ0n) is 26.9. The second kappa shape index (κ2) is 9.45. The number of Topliss-reactive ketones (excluding diaryl/α,β-unsaturated/α-hetero) is 3. The van der Waals surface area contributed by atoms with Crippen molar-refractivity contribution in [1.82, 2.24) is 0 Å². The van der Waals surface area contributed by atoms with Crippen molar-refractivity contribution in [1.29, 1.82) is 0 Å². The minimum Gasteiger partial charge on any atom is -0.508 e. The smallest absolute Gasteiger partial charge is 0.231 e.